The predicted octanol–water partition coefficient (Wildman–Crippen LogP) is 2.79. The molecular formula is C10H13BrO2. The van der Waals surface area contributed by atoms with Gasteiger partial charge in [-0.05, 0) is 31.8 Å². The highest BCUT2D eigenvalue weighted by Gasteiger charge is 2.22. The topological polar surface area (TPSA) is 26.3 Å². The van der Waals surface area contributed by atoms with Crippen LogP contribution < -0.4 is 0 Å². The van der Waals surface area contributed by atoms with E-state index in [0.717, 1.165) is 4.48 Å². The van der Waals surface area contributed by atoms with E-state index in [1.165, 1.54) is 18.9 Å². The molecular weight excluding hydrogens is 232 g/mol. The molecule has 1 aliphatic rings. The standard InChI is InChI=1S/C10H13BrO2/c1-2-9(11)5-6-10(12)13-7-8-3-4-8/h2,5-6,8H,3-4,7H2,1H3/b6-5+,9-2-. The second-order valence-electron chi connectivity index (χ2n) is 3.08. The van der Waals surface area contributed by atoms with Crippen molar-refractivity contribution in [2.75, 3.05) is 6.61 Å². The first-order chi connectivity index (χ1) is 6.22. The van der Waals surface area contributed by atoms with Gasteiger partial charge in [-0.15, -0.1) is 0 Å². The van der Waals surface area contributed by atoms with Crippen molar-refractivity contribution in [3.8, 4) is 0 Å². The molecule has 0 spiro atoms. The fraction of sp³-hybridized carbons (Fsp3) is 0.500. The van der Waals surface area contributed by atoms with E-state index in [9.17, 15) is 4.79 Å². The molecule has 0 bridgehead atoms. The monoisotopic (exact) mass is 244 g/mol. The minimum Gasteiger partial charge on any atom is -0.462 e. The van der Waals surface area contributed by atoms with E-state index in [-0.39, 0.29) is 5.97 Å². The zero-order valence-electron chi connectivity index (χ0n) is 7.63. The van der Waals surface area contributed by atoms with E-state index in [0.29, 0.717) is 12.5 Å². The van der Waals surface area contributed by atoms with Crippen molar-refractivity contribution in [1.82, 2.24) is 0 Å². The summed E-state index contributed by atoms with van der Waals surface area (Å²) in [4.78, 5) is 11.0. The minimum absolute atomic E-state index is 0.259. The van der Waals surface area contributed by atoms with Crippen molar-refractivity contribution in [3.05, 3.63) is 22.7 Å². The van der Waals surface area contributed by atoms with Gasteiger partial charge in [-0.1, -0.05) is 22.0 Å². The summed E-state index contributed by atoms with van der Waals surface area (Å²) in [6.45, 7) is 2.47. The van der Waals surface area contributed by atoms with E-state index in [4.69, 9.17) is 4.74 Å². The Labute approximate surface area is 86.8 Å². The van der Waals surface area contributed by atoms with Crippen LogP contribution in [0.1, 0.15) is 19.8 Å². The molecule has 0 radical (unpaired) electrons. The lowest BCUT2D eigenvalue weighted by atomic mass is 10.4. The Bertz CT molecular complexity index is 239. The van der Waals surface area contributed by atoms with Crippen LogP contribution in [0.15, 0.2) is 22.7 Å². The number of rotatable bonds is 4. The van der Waals surface area contributed by atoms with Crippen LogP contribution in [0.4, 0.5) is 0 Å². The first-order valence-corrected chi connectivity index (χ1v) is 5.18. The third kappa shape index (κ3) is 4.88. The minimum atomic E-state index is -0.259. The maximum Gasteiger partial charge on any atom is 0.330 e. The van der Waals surface area contributed by atoms with Crippen molar-refractivity contribution in [2.24, 2.45) is 5.92 Å². The summed E-state index contributed by atoms with van der Waals surface area (Å²) in [5.74, 6) is 0.369. The fourth-order valence-corrected chi connectivity index (χ4v) is 0.909. The average Bonchev–Trinajstić information content (AvgIpc) is 2.94. The van der Waals surface area contributed by atoms with Gasteiger partial charge in [-0.3, -0.25) is 0 Å². The van der Waals surface area contributed by atoms with Crippen molar-refractivity contribution in [2.45, 2.75) is 19.8 Å². The molecule has 0 atom stereocenters. The molecule has 3 heteroatoms. The van der Waals surface area contributed by atoms with Crippen LogP contribution in [-0.2, 0) is 9.53 Å². The van der Waals surface area contributed by atoms with Gasteiger partial charge in [0.15, 0.2) is 0 Å². The van der Waals surface area contributed by atoms with E-state index < -0.39 is 0 Å². The normalized spacial score (nSPS) is 17.8. The molecule has 1 rings (SSSR count). The highest BCUT2D eigenvalue weighted by molar-refractivity contribution is 9.11. The zero-order chi connectivity index (χ0) is 9.68. The lowest BCUT2D eigenvalue weighted by Gasteiger charge is -1.97. The molecule has 0 amide bonds. The summed E-state index contributed by atoms with van der Waals surface area (Å²) in [5.41, 5.74) is 0. The van der Waals surface area contributed by atoms with Crippen LogP contribution in [0.5, 0.6) is 0 Å². The zero-order valence-corrected chi connectivity index (χ0v) is 9.21. The summed E-state index contributed by atoms with van der Waals surface area (Å²) in [7, 11) is 0. The number of carbonyl (C=O) groups is 1. The molecule has 1 fully saturated rings. The molecule has 0 aromatic carbocycles. The Balaban J connectivity index is 2.18. The number of hydrogen-bond donors (Lipinski definition) is 0. The number of hydrogen-bond acceptors (Lipinski definition) is 2. The second kappa shape index (κ2) is 5.22. The molecule has 0 heterocycles. The fourth-order valence-electron chi connectivity index (χ4n) is 0.776. The molecule has 1 aliphatic carbocycles. The van der Waals surface area contributed by atoms with Gasteiger partial charge >= 0.3 is 5.97 Å². The van der Waals surface area contributed by atoms with E-state index in [1.54, 1.807) is 6.08 Å². The summed E-state index contributed by atoms with van der Waals surface area (Å²) in [6.07, 6.45) is 7.40. The van der Waals surface area contributed by atoms with Crippen molar-refractivity contribution in [1.29, 1.82) is 0 Å². The number of esters is 1. The summed E-state index contributed by atoms with van der Waals surface area (Å²) in [6, 6.07) is 0. The molecule has 0 aliphatic heterocycles. The van der Waals surface area contributed by atoms with Gasteiger partial charge in [-0.25, -0.2) is 4.79 Å². The largest absolute Gasteiger partial charge is 0.462 e. The van der Waals surface area contributed by atoms with Crippen molar-refractivity contribution < 1.29 is 9.53 Å². The first kappa shape index (κ1) is 10.5. The number of ether oxygens (including phenoxy) is 1. The number of halogens is 1. The van der Waals surface area contributed by atoms with E-state index in [2.05, 4.69) is 15.9 Å². The van der Waals surface area contributed by atoms with Crippen LogP contribution in [-0.4, -0.2) is 12.6 Å². The van der Waals surface area contributed by atoms with Gasteiger partial charge in [0.1, 0.15) is 0 Å². The Kier molecular flexibility index (Phi) is 4.22. The molecule has 0 unspecified atom stereocenters. The Hall–Kier alpha value is -0.570. The SMILES string of the molecule is C/C=C(Br)/C=C/C(=O)OCC1CC1. The van der Waals surface area contributed by atoms with Crippen LogP contribution in [0.2, 0.25) is 0 Å². The van der Waals surface area contributed by atoms with Crippen molar-refractivity contribution >= 4 is 21.9 Å². The Morgan fingerprint density at radius 3 is 2.77 bits per heavy atom. The number of carbonyl (C=O) groups excluding carboxylic acids is 1. The molecule has 2 nitrogen and oxygen atoms in total. The predicted molar refractivity (Wildman–Crippen MR) is 55.5 cm³/mol. The quantitative estimate of drug-likeness (QED) is 0.432. The first-order valence-electron chi connectivity index (χ1n) is 4.39. The van der Waals surface area contributed by atoms with Gasteiger partial charge in [-0.2, -0.15) is 0 Å². The van der Waals surface area contributed by atoms with Crippen LogP contribution in [0, 0.1) is 5.92 Å². The molecule has 0 N–H and O–H groups in total. The Morgan fingerprint density at radius 2 is 2.23 bits per heavy atom. The van der Waals surface area contributed by atoms with E-state index in [1.807, 2.05) is 13.0 Å². The molecule has 0 aromatic rings. The third-order valence-electron chi connectivity index (χ3n) is 1.81. The molecule has 1 saturated carbocycles. The molecule has 0 saturated heterocycles. The maximum atomic E-state index is 11.0. The van der Waals surface area contributed by atoms with Gasteiger partial charge in [0.2, 0.25) is 0 Å². The average molecular weight is 245 g/mol. The van der Waals surface area contributed by atoms with Crippen LogP contribution in [0.25, 0.3) is 0 Å². The molecule has 0 aromatic heterocycles. The lowest BCUT2D eigenvalue weighted by molar-refractivity contribution is -0.138. The van der Waals surface area contributed by atoms with Crippen molar-refractivity contribution in [3.63, 3.8) is 0 Å². The van der Waals surface area contributed by atoms with Gasteiger partial charge in [0.25, 0.3) is 0 Å². The molecule has 72 valence electrons. The van der Waals surface area contributed by atoms with Gasteiger partial charge < -0.3 is 4.74 Å². The third-order valence-corrected chi connectivity index (χ3v) is 2.53. The second-order valence-corrected chi connectivity index (χ2v) is 4.00. The molecule has 13 heavy (non-hydrogen) atoms. The maximum absolute atomic E-state index is 11.0. The van der Waals surface area contributed by atoms with Gasteiger partial charge in [0, 0.05) is 10.6 Å². The summed E-state index contributed by atoms with van der Waals surface area (Å²) < 4.78 is 5.87. The number of allylic oxidation sites excluding steroid dienone is 3. The van der Waals surface area contributed by atoms with Crippen LogP contribution >= 0.6 is 15.9 Å². The van der Waals surface area contributed by atoms with Gasteiger partial charge in [0.05, 0.1) is 6.61 Å². The summed E-state index contributed by atoms with van der Waals surface area (Å²) >= 11 is 3.26. The summed E-state index contributed by atoms with van der Waals surface area (Å²) in [5, 5.41) is 0. The lowest BCUT2D eigenvalue weighted by Crippen LogP contribution is -2.03. The highest BCUT2D eigenvalue weighted by Crippen LogP contribution is 2.28. The smallest absolute Gasteiger partial charge is 0.330 e. The Morgan fingerprint density at radius 1 is 1.54 bits per heavy atom. The van der Waals surface area contributed by atoms with E-state index >= 15 is 0 Å². The van der Waals surface area contributed by atoms with Crippen LogP contribution in [0.3, 0.4) is 0 Å². The highest BCUT2D eigenvalue weighted by atomic mass is 79.9.